The number of anilines is 4. The van der Waals surface area contributed by atoms with Crippen molar-refractivity contribution in [3.8, 4) is 0 Å². The second-order valence-electron chi connectivity index (χ2n) is 9.30. The van der Waals surface area contributed by atoms with Gasteiger partial charge in [0.1, 0.15) is 0 Å². The summed E-state index contributed by atoms with van der Waals surface area (Å²) in [6, 6.07) is 24.1. The Hall–Kier alpha value is -4.13. The van der Waals surface area contributed by atoms with Crippen LogP contribution in [0.25, 0.3) is 0 Å². The van der Waals surface area contributed by atoms with E-state index in [4.69, 9.17) is 0 Å². The number of nitrogens with one attached hydrogen (secondary N) is 4. The Morgan fingerprint density at radius 3 is 1.83 bits per heavy atom. The molecule has 0 aromatic heterocycles. The van der Waals surface area contributed by atoms with Crippen molar-refractivity contribution in [2.45, 2.75) is 33.6 Å². The maximum atomic E-state index is 12.4. The van der Waals surface area contributed by atoms with E-state index in [2.05, 4.69) is 21.3 Å². The van der Waals surface area contributed by atoms with Crippen LogP contribution < -0.4 is 21.3 Å². The van der Waals surface area contributed by atoms with Crippen molar-refractivity contribution in [2.24, 2.45) is 5.41 Å². The minimum absolute atomic E-state index is 0.0456. The molecule has 7 heteroatoms. The van der Waals surface area contributed by atoms with Gasteiger partial charge in [0.2, 0.25) is 17.7 Å². The average Bonchev–Trinajstić information content (AvgIpc) is 2.82. The lowest BCUT2D eigenvalue weighted by Gasteiger charge is -2.18. The van der Waals surface area contributed by atoms with Crippen molar-refractivity contribution in [2.75, 3.05) is 27.8 Å². The van der Waals surface area contributed by atoms with Crippen molar-refractivity contribution in [3.05, 3.63) is 84.4 Å². The largest absolute Gasteiger partial charge is 0.376 e. The molecule has 4 N–H and O–H groups in total. The minimum atomic E-state index is -0.515. The third kappa shape index (κ3) is 8.62. The number of benzene rings is 3. The summed E-state index contributed by atoms with van der Waals surface area (Å²) in [5.74, 6) is -0.404. The van der Waals surface area contributed by atoms with Crippen LogP contribution in [0.1, 0.15) is 32.8 Å². The molecule has 0 atom stereocenters. The van der Waals surface area contributed by atoms with Crippen molar-refractivity contribution in [1.82, 2.24) is 0 Å². The van der Waals surface area contributed by atoms with Gasteiger partial charge in [0.05, 0.1) is 6.54 Å². The predicted molar refractivity (Wildman–Crippen MR) is 141 cm³/mol. The molecule has 182 valence electrons. The number of aryl methyl sites for hydroxylation is 1. The van der Waals surface area contributed by atoms with Crippen LogP contribution in [0.4, 0.5) is 22.7 Å². The highest BCUT2D eigenvalue weighted by Crippen LogP contribution is 2.20. The molecule has 0 radical (unpaired) electrons. The van der Waals surface area contributed by atoms with Crippen molar-refractivity contribution < 1.29 is 14.4 Å². The minimum Gasteiger partial charge on any atom is -0.376 e. The van der Waals surface area contributed by atoms with E-state index >= 15 is 0 Å². The van der Waals surface area contributed by atoms with Gasteiger partial charge in [0, 0.05) is 34.6 Å². The third-order valence-corrected chi connectivity index (χ3v) is 5.17. The van der Waals surface area contributed by atoms with Gasteiger partial charge in [-0.3, -0.25) is 14.4 Å². The summed E-state index contributed by atoms with van der Waals surface area (Å²) in [5.41, 5.74) is 3.18. The van der Waals surface area contributed by atoms with Gasteiger partial charge in [-0.1, -0.05) is 63.2 Å². The molecule has 35 heavy (non-hydrogen) atoms. The fourth-order valence-corrected chi connectivity index (χ4v) is 3.21. The molecular formula is C28H32N4O3. The number of amides is 3. The first-order valence-electron chi connectivity index (χ1n) is 11.6. The summed E-state index contributed by atoms with van der Waals surface area (Å²) in [6.45, 7) is 5.56. The topological polar surface area (TPSA) is 99.3 Å². The molecule has 7 nitrogen and oxygen atoms in total. The molecule has 3 aromatic carbocycles. The average molecular weight is 473 g/mol. The van der Waals surface area contributed by atoms with Crippen LogP contribution in [0.2, 0.25) is 0 Å². The lowest BCUT2D eigenvalue weighted by molar-refractivity contribution is -0.123. The second-order valence-corrected chi connectivity index (χ2v) is 9.30. The van der Waals surface area contributed by atoms with E-state index in [1.807, 2.05) is 69.3 Å². The lowest BCUT2D eigenvalue weighted by atomic mass is 9.95. The van der Waals surface area contributed by atoms with Crippen molar-refractivity contribution in [1.29, 1.82) is 0 Å². The molecule has 3 amide bonds. The molecule has 0 aliphatic carbocycles. The molecule has 0 bridgehead atoms. The van der Waals surface area contributed by atoms with Gasteiger partial charge >= 0.3 is 0 Å². The Bertz CT molecular complexity index is 1170. The summed E-state index contributed by atoms with van der Waals surface area (Å²) in [4.78, 5) is 36.9. The van der Waals surface area contributed by atoms with E-state index in [-0.39, 0.29) is 24.3 Å². The molecule has 0 fully saturated rings. The first kappa shape index (κ1) is 25.5. The molecule has 0 spiro atoms. The Kier molecular flexibility index (Phi) is 8.62. The molecule has 0 heterocycles. The van der Waals surface area contributed by atoms with Gasteiger partial charge in [0.15, 0.2) is 0 Å². The van der Waals surface area contributed by atoms with E-state index < -0.39 is 5.41 Å². The highest BCUT2D eigenvalue weighted by atomic mass is 16.2. The number of hydrogen-bond acceptors (Lipinski definition) is 4. The van der Waals surface area contributed by atoms with Crippen molar-refractivity contribution >= 4 is 40.5 Å². The fraction of sp³-hybridized carbons (Fsp3) is 0.250. The molecule has 3 rings (SSSR count). The van der Waals surface area contributed by atoms with Gasteiger partial charge in [-0.2, -0.15) is 0 Å². The second kappa shape index (κ2) is 11.8. The Morgan fingerprint density at radius 1 is 0.657 bits per heavy atom. The number of hydrogen-bond donors (Lipinski definition) is 4. The van der Waals surface area contributed by atoms with Crippen LogP contribution in [0.5, 0.6) is 0 Å². The summed E-state index contributed by atoms with van der Waals surface area (Å²) in [7, 11) is 0. The molecule has 0 unspecified atom stereocenters. The summed E-state index contributed by atoms with van der Waals surface area (Å²) in [5, 5.41) is 11.6. The van der Waals surface area contributed by atoms with Crippen LogP contribution in [0, 0.1) is 5.41 Å². The van der Waals surface area contributed by atoms with Gasteiger partial charge < -0.3 is 21.3 Å². The zero-order valence-electron chi connectivity index (χ0n) is 20.4. The van der Waals surface area contributed by atoms with E-state index in [1.54, 1.807) is 30.3 Å². The first-order chi connectivity index (χ1) is 16.7. The quantitative estimate of drug-likeness (QED) is 0.340. The number of carbonyl (C=O) groups is 3. The summed E-state index contributed by atoms with van der Waals surface area (Å²) >= 11 is 0. The van der Waals surface area contributed by atoms with Gasteiger partial charge in [-0.25, -0.2) is 0 Å². The zero-order chi connectivity index (χ0) is 25.3. The van der Waals surface area contributed by atoms with E-state index in [0.717, 1.165) is 5.56 Å². The SMILES string of the molecule is CC(C)(C)C(=O)Nc1cccc(NC(=O)CNc2cccc(NC(=O)CCc3ccccc3)c2)c1. The van der Waals surface area contributed by atoms with Crippen molar-refractivity contribution in [3.63, 3.8) is 0 Å². The van der Waals surface area contributed by atoms with Crippen LogP contribution >= 0.6 is 0 Å². The van der Waals surface area contributed by atoms with E-state index in [0.29, 0.717) is 35.6 Å². The normalized spacial score (nSPS) is 10.8. The molecule has 0 saturated heterocycles. The van der Waals surface area contributed by atoms with Gasteiger partial charge in [0.25, 0.3) is 0 Å². The van der Waals surface area contributed by atoms with Crippen LogP contribution in [0.15, 0.2) is 78.9 Å². The summed E-state index contributed by atoms with van der Waals surface area (Å²) < 4.78 is 0. The number of carbonyl (C=O) groups excluding carboxylic acids is 3. The highest BCUT2D eigenvalue weighted by molar-refractivity contribution is 5.97. The smallest absolute Gasteiger partial charge is 0.243 e. The maximum absolute atomic E-state index is 12.4. The molecule has 0 aliphatic heterocycles. The fourth-order valence-electron chi connectivity index (χ4n) is 3.21. The Labute approximate surface area is 206 Å². The van der Waals surface area contributed by atoms with Gasteiger partial charge in [-0.05, 0) is 48.4 Å². The number of rotatable bonds is 9. The summed E-state index contributed by atoms with van der Waals surface area (Å²) in [6.07, 6.45) is 1.06. The Balaban J connectivity index is 1.48. The Morgan fingerprint density at radius 2 is 1.20 bits per heavy atom. The van der Waals surface area contributed by atoms with Crippen LogP contribution in [-0.2, 0) is 20.8 Å². The third-order valence-electron chi connectivity index (χ3n) is 5.17. The standard InChI is InChI=1S/C28H32N4O3/c1-28(2,3)27(35)32-24-14-8-13-23(18-24)31-26(34)19-29-21-11-7-12-22(17-21)30-25(33)16-15-20-9-5-4-6-10-20/h4-14,17-18,29H,15-16,19H2,1-3H3,(H,30,33)(H,31,34)(H,32,35). The van der Waals surface area contributed by atoms with Crippen LogP contribution in [-0.4, -0.2) is 24.3 Å². The van der Waals surface area contributed by atoms with Gasteiger partial charge in [-0.15, -0.1) is 0 Å². The molecule has 0 saturated carbocycles. The highest BCUT2D eigenvalue weighted by Gasteiger charge is 2.21. The lowest BCUT2D eigenvalue weighted by Crippen LogP contribution is -2.27. The first-order valence-corrected chi connectivity index (χ1v) is 11.6. The van der Waals surface area contributed by atoms with E-state index in [9.17, 15) is 14.4 Å². The monoisotopic (exact) mass is 472 g/mol. The molecule has 3 aromatic rings. The molecular weight excluding hydrogens is 440 g/mol. The zero-order valence-corrected chi connectivity index (χ0v) is 20.4. The maximum Gasteiger partial charge on any atom is 0.243 e. The van der Waals surface area contributed by atoms with E-state index in [1.165, 1.54) is 0 Å². The predicted octanol–water partition coefficient (Wildman–Crippen LogP) is 5.29. The molecule has 0 aliphatic rings. The van der Waals surface area contributed by atoms with Crippen LogP contribution in [0.3, 0.4) is 0 Å².